The molecule has 2 heterocycles. The Balaban J connectivity index is 1.40. The van der Waals surface area contributed by atoms with Gasteiger partial charge in [0.1, 0.15) is 6.61 Å². The van der Waals surface area contributed by atoms with Crippen molar-refractivity contribution in [2.24, 2.45) is 0 Å². The number of carbonyl (C=O) groups is 2. The molecular formula is C25H25N3O3S. The number of ether oxygens (including phenoxy) is 1. The zero-order valence-electron chi connectivity index (χ0n) is 17.9. The van der Waals surface area contributed by atoms with Crippen LogP contribution in [0.4, 0.5) is 5.69 Å². The number of nitrogens with one attached hydrogen (secondary N) is 1. The van der Waals surface area contributed by atoms with Gasteiger partial charge in [-0.15, -0.1) is 0 Å². The molecule has 0 aliphatic carbocycles. The molecule has 7 heteroatoms. The average molecular weight is 448 g/mol. The van der Waals surface area contributed by atoms with Gasteiger partial charge in [0.15, 0.2) is 0 Å². The maximum Gasteiger partial charge on any atom is 0.255 e. The van der Waals surface area contributed by atoms with Gasteiger partial charge in [0.25, 0.3) is 11.8 Å². The summed E-state index contributed by atoms with van der Waals surface area (Å²) in [4.78, 5) is 31.6. The van der Waals surface area contributed by atoms with Gasteiger partial charge in [0.2, 0.25) is 5.88 Å². The van der Waals surface area contributed by atoms with E-state index in [1.165, 1.54) is 0 Å². The van der Waals surface area contributed by atoms with Crippen molar-refractivity contribution in [3.05, 3.63) is 89.1 Å². The Morgan fingerprint density at radius 2 is 1.81 bits per heavy atom. The maximum absolute atomic E-state index is 12.8. The summed E-state index contributed by atoms with van der Waals surface area (Å²) < 4.78 is 5.72. The number of rotatable bonds is 6. The first-order chi connectivity index (χ1) is 15.6. The van der Waals surface area contributed by atoms with Gasteiger partial charge in [-0.3, -0.25) is 9.59 Å². The van der Waals surface area contributed by atoms with Crippen LogP contribution in [0.1, 0.15) is 31.8 Å². The first-order valence-corrected chi connectivity index (χ1v) is 11.7. The Hall–Kier alpha value is -3.32. The SMILES string of the molecule is Cc1cc(C(=O)N2CCSCC2)ccc1NC(=O)c1ccnc(OCc2ccccc2)c1. The highest BCUT2D eigenvalue weighted by molar-refractivity contribution is 7.99. The minimum absolute atomic E-state index is 0.0422. The van der Waals surface area contributed by atoms with E-state index in [2.05, 4.69) is 10.3 Å². The van der Waals surface area contributed by atoms with Crippen molar-refractivity contribution in [2.75, 3.05) is 29.9 Å². The summed E-state index contributed by atoms with van der Waals surface area (Å²) in [6, 6.07) is 18.4. The van der Waals surface area contributed by atoms with Crippen molar-refractivity contribution in [1.29, 1.82) is 0 Å². The lowest BCUT2D eigenvalue weighted by Crippen LogP contribution is -2.37. The third-order valence-electron chi connectivity index (χ3n) is 5.25. The molecule has 3 aromatic rings. The van der Waals surface area contributed by atoms with Gasteiger partial charge in [-0.2, -0.15) is 11.8 Å². The van der Waals surface area contributed by atoms with E-state index in [1.54, 1.807) is 30.5 Å². The molecule has 2 amide bonds. The Bertz CT molecular complexity index is 1100. The van der Waals surface area contributed by atoms with E-state index < -0.39 is 0 Å². The van der Waals surface area contributed by atoms with Gasteiger partial charge in [0.05, 0.1) is 0 Å². The summed E-state index contributed by atoms with van der Waals surface area (Å²) in [5, 5.41) is 2.92. The molecule has 6 nitrogen and oxygen atoms in total. The van der Waals surface area contributed by atoms with E-state index >= 15 is 0 Å². The molecule has 0 spiro atoms. The van der Waals surface area contributed by atoms with Gasteiger partial charge < -0.3 is 15.0 Å². The van der Waals surface area contributed by atoms with E-state index in [1.807, 2.05) is 60.0 Å². The molecule has 0 atom stereocenters. The molecule has 0 radical (unpaired) electrons. The van der Waals surface area contributed by atoms with Crippen LogP contribution in [0.5, 0.6) is 5.88 Å². The monoisotopic (exact) mass is 447 g/mol. The van der Waals surface area contributed by atoms with E-state index in [0.717, 1.165) is 35.7 Å². The first-order valence-electron chi connectivity index (χ1n) is 10.5. The van der Waals surface area contributed by atoms with Gasteiger partial charge in [-0.05, 0) is 42.3 Å². The number of nitrogens with zero attached hydrogens (tertiary/aromatic N) is 2. The molecule has 1 aliphatic heterocycles. The Labute approximate surface area is 192 Å². The molecule has 1 aliphatic rings. The predicted octanol–water partition coefficient (Wildman–Crippen LogP) is 4.41. The van der Waals surface area contributed by atoms with Crippen molar-refractivity contribution >= 4 is 29.3 Å². The fraction of sp³-hybridized carbons (Fsp3) is 0.240. The molecule has 2 aromatic carbocycles. The number of benzene rings is 2. The van der Waals surface area contributed by atoms with Crippen LogP contribution < -0.4 is 10.1 Å². The van der Waals surface area contributed by atoms with Crippen molar-refractivity contribution in [3.63, 3.8) is 0 Å². The largest absolute Gasteiger partial charge is 0.473 e. The zero-order chi connectivity index (χ0) is 22.3. The second-order valence-electron chi connectivity index (χ2n) is 7.55. The second-order valence-corrected chi connectivity index (χ2v) is 8.77. The molecule has 0 bridgehead atoms. The summed E-state index contributed by atoms with van der Waals surface area (Å²) in [5.41, 5.74) is 3.63. The maximum atomic E-state index is 12.8. The van der Waals surface area contributed by atoms with Crippen LogP contribution in [0.2, 0.25) is 0 Å². The molecule has 0 unspecified atom stereocenters. The lowest BCUT2D eigenvalue weighted by atomic mass is 10.1. The highest BCUT2D eigenvalue weighted by Crippen LogP contribution is 2.21. The van der Waals surface area contributed by atoms with E-state index in [0.29, 0.717) is 29.3 Å². The van der Waals surface area contributed by atoms with E-state index in [4.69, 9.17) is 4.74 Å². The predicted molar refractivity (Wildman–Crippen MR) is 127 cm³/mol. The fourth-order valence-electron chi connectivity index (χ4n) is 3.44. The molecule has 1 N–H and O–H groups in total. The molecule has 1 fully saturated rings. The van der Waals surface area contributed by atoms with Crippen LogP contribution in [-0.4, -0.2) is 46.3 Å². The summed E-state index contributed by atoms with van der Waals surface area (Å²) in [6.07, 6.45) is 1.56. The number of hydrogen-bond acceptors (Lipinski definition) is 5. The van der Waals surface area contributed by atoms with E-state index in [-0.39, 0.29) is 11.8 Å². The molecule has 4 rings (SSSR count). The van der Waals surface area contributed by atoms with Crippen molar-refractivity contribution in [1.82, 2.24) is 9.88 Å². The quantitative estimate of drug-likeness (QED) is 0.606. The summed E-state index contributed by atoms with van der Waals surface area (Å²) in [7, 11) is 0. The number of aromatic nitrogens is 1. The molecule has 1 aromatic heterocycles. The smallest absolute Gasteiger partial charge is 0.255 e. The third-order valence-corrected chi connectivity index (χ3v) is 6.19. The lowest BCUT2D eigenvalue weighted by Gasteiger charge is -2.26. The lowest BCUT2D eigenvalue weighted by molar-refractivity contribution is 0.0772. The van der Waals surface area contributed by atoms with Crippen molar-refractivity contribution in [3.8, 4) is 5.88 Å². The second kappa shape index (κ2) is 10.3. The number of thioether (sulfide) groups is 1. The van der Waals surface area contributed by atoms with Crippen molar-refractivity contribution < 1.29 is 14.3 Å². The average Bonchev–Trinajstić information content (AvgIpc) is 2.85. The Morgan fingerprint density at radius 1 is 1.03 bits per heavy atom. The summed E-state index contributed by atoms with van der Waals surface area (Å²) in [6.45, 7) is 3.82. The molecule has 0 saturated carbocycles. The van der Waals surface area contributed by atoms with Gasteiger partial charge in [0, 0.05) is 53.7 Å². The topological polar surface area (TPSA) is 71.5 Å². The van der Waals surface area contributed by atoms with Crippen LogP contribution in [0, 0.1) is 6.92 Å². The van der Waals surface area contributed by atoms with Crippen LogP contribution >= 0.6 is 11.8 Å². The van der Waals surface area contributed by atoms with Crippen LogP contribution in [0.3, 0.4) is 0 Å². The minimum atomic E-state index is -0.257. The number of amides is 2. The van der Waals surface area contributed by atoms with Crippen LogP contribution in [0.25, 0.3) is 0 Å². The van der Waals surface area contributed by atoms with Gasteiger partial charge in [-0.1, -0.05) is 30.3 Å². The normalized spacial score (nSPS) is 13.5. The zero-order valence-corrected chi connectivity index (χ0v) is 18.7. The standard InChI is InChI=1S/C25H25N3O3S/c1-18-15-21(25(30)28-11-13-32-14-12-28)7-8-22(18)27-24(29)20-9-10-26-23(16-20)31-17-19-5-3-2-4-6-19/h2-10,15-16H,11-14,17H2,1H3,(H,27,29). The summed E-state index contributed by atoms with van der Waals surface area (Å²) in [5.74, 6) is 2.12. The number of pyridine rings is 1. The number of aryl methyl sites for hydroxylation is 1. The molecule has 32 heavy (non-hydrogen) atoms. The first kappa shape index (κ1) is 21.9. The highest BCUT2D eigenvalue weighted by Gasteiger charge is 2.19. The Morgan fingerprint density at radius 3 is 2.56 bits per heavy atom. The van der Waals surface area contributed by atoms with Gasteiger partial charge >= 0.3 is 0 Å². The molecular weight excluding hydrogens is 422 g/mol. The van der Waals surface area contributed by atoms with E-state index in [9.17, 15) is 9.59 Å². The van der Waals surface area contributed by atoms with Crippen LogP contribution in [-0.2, 0) is 6.61 Å². The highest BCUT2D eigenvalue weighted by atomic mass is 32.2. The van der Waals surface area contributed by atoms with Crippen molar-refractivity contribution in [2.45, 2.75) is 13.5 Å². The number of hydrogen-bond donors (Lipinski definition) is 1. The summed E-state index contributed by atoms with van der Waals surface area (Å²) >= 11 is 1.87. The fourth-order valence-corrected chi connectivity index (χ4v) is 4.34. The number of carbonyl (C=O) groups excluding carboxylic acids is 2. The van der Waals surface area contributed by atoms with Crippen LogP contribution in [0.15, 0.2) is 66.9 Å². The Kier molecular flexibility index (Phi) is 7.07. The number of anilines is 1. The molecule has 1 saturated heterocycles. The molecule has 164 valence electrons. The minimum Gasteiger partial charge on any atom is -0.473 e. The third kappa shape index (κ3) is 5.48. The van der Waals surface area contributed by atoms with Gasteiger partial charge in [-0.25, -0.2) is 4.98 Å².